The van der Waals surface area contributed by atoms with Crippen molar-refractivity contribution < 1.29 is 30.6 Å². The summed E-state index contributed by atoms with van der Waals surface area (Å²) in [6.45, 7) is 0. The van der Waals surface area contributed by atoms with Crippen LogP contribution in [0.5, 0.6) is 28.7 Å². The minimum Gasteiger partial charge on any atom is -0.507 e. The number of aliphatic hydroxyl groups excluding tert-OH is 1. The molecule has 1 aromatic heterocycles. The number of H-pyrrole nitrogens is 1. The lowest BCUT2D eigenvalue weighted by Gasteiger charge is -2.73. The fraction of sp³-hybridized carbons (Fsp3) is 0.463. The monoisotopic (exact) mass is 845 g/mol. The van der Waals surface area contributed by atoms with Gasteiger partial charge in [-0.25, -0.2) is 4.98 Å². The second kappa shape index (κ2) is 14.4. The zero-order valence-electron chi connectivity index (χ0n) is 35.8. The highest BCUT2D eigenvalue weighted by Crippen LogP contribution is 2.78. The highest BCUT2D eigenvalue weighted by Gasteiger charge is 2.76. The van der Waals surface area contributed by atoms with Gasteiger partial charge in [0.15, 0.2) is 23.0 Å². The van der Waals surface area contributed by atoms with Crippen LogP contribution in [0.1, 0.15) is 116 Å². The van der Waals surface area contributed by atoms with Crippen LogP contribution in [-0.4, -0.2) is 52.8 Å². The second-order valence-corrected chi connectivity index (χ2v) is 20.7. The van der Waals surface area contributed by atoms with E-state index in [0.29, 0.717) is 58.6 Å². The Hall–Kier alpha value is -5.25. The molecule has 7 aliphatic rings. The van der Waals surface area contributed by atoms with Crippen molar-refractivity contribution in [3.63, 3.8) is 0 Å². The maximum atomic E-state index is 12.5. The van der Waals surface area contributed by atoms with Crippen LogP contribution < -0.4 is 5.32 Å². The number of hydrogen-bond acceptors (Lipinski definition) is 8. The number of aromatic amines is 1. The summed E-state index contributed by atoms with van der Waals surface area (Å²) >= 11 is 0. The van der Waals surface area contributed by atoms with Crippen molar-refractivity contribution in [2.45, 2.75) is 113 Å². The first-order chi connectivity index (χ1) is 30.6. The van der Waals surface area contributed by atoms with Crippen LogP contribution in [0, 0.1) is 40.4 Å². The Kier molecular flexibility index (Phi) is 8.98. The van der Waals surface area contributed by atoms with Crippen LogP contribution in [0.3, 0.4) is 0 Å². The molecule has 8 N–H and O–H groups in total. The van der Waals surface area contributed by atoms with E-state index in [1.165, 1.54) is 99.2 Å². The summed E-state index contributed by atoms with van der Waals surface area (Å²) < 4.78 is 0. The van der Waals surface area contributed by atoms with Gasteiger partial charge in [-0.1, -0.05) is 73.5 Å². The molecular formula is C54H59N3O6. The first-order valence-corrected chi connectivity index (χ1v) is 23.7. The van der Waals surface area contributed by atoms with Crippen LogP contribution >= 0.6 is 0 Å². The lowest BCUT2D eigenvalue weighted by atomic mass is 9.33. The first kappa shape index (κ1) is 39.3. The number of phenolic OH excluding ortho intramolecular Hbond substituents is 5. The topological polar surface area (TPSA) is 162 Å². The van der Waals surface area contributed by atoms with Crippen molar-refractivity contribution >= 4 is 22.9 Å². The third kappa shape index (κ3) is 5.51. The Morgan fingerprint density at radius 3 is 2.52 bits per heavy atom. The van der Waals surface area contributed by atoms with Gasteiger partial charge in [-0.05, 0) is 163 Å². The van der Waals surface area contributed by atoms with Gasteiger partial charge in [0.05, 0.1) is 17.8 Å². The van der Waals surface area contributed by atoms with Crippen molar-refractivity contribution in [2.24, 2.45) is 40.4 Å². The van der Waals surface area contributed by atoms with E-state index in [-0.39, 0.29) is 68.4 Å². The van der Waals surface area contributed by atoms with Gasteiger partial charge in [0, 0.05) is 40.9 Å². The summed E-state index contributed by atoms with van der Waals surface area (Å²) in [7, 11) is 0. The average Bonchev–Trinajstić information content (AvgIpc) is 4.07. The van der Waals surface area contributed by atoms with Gasteiger partial charge in [-0.3, -0.25) is 0 Å². The number of hydrogen-bond donors (Lipinski definition) is 8. The third-order valence-electron chi connectivity index (χ3n) is 18.5. The number of benzene rings is 4. The zero-order valence-corrected chi connectivity index (χ0v) is 35.8. The number of nitrogens with one attached hydrogen (secondary N) is 2. The van der Waals surface area contributed by atoms with Gasteiger partial charge in [0.1, 0.15) is 5.75 Å². The maximum Gasteiger partial charge on any atom is 0.169 e. The van der Waals surface area contributed by atoms with Gasteiger partial charge >= 0.3 is 0 Å². The molecule has 1 saturated heterocycles. The molecule has 4 aromatic carbocycles. The minimum atomic E-state index is -0.479. The highest BCUT2D eigenvalue weighted by atomic mass is 16.3. The Labute approximate surface area is 368 Å². The van der Waals surface area contributed by atoms with Crippen LogP contribution in [-0.2, 0) is 24.7 Å². The molecule has 0 amide bonds. The maximum absolute atomic E-state index is 12.5. The highest BCUT2D eigenvalue weighted by molar-refractivity contribution is 6.03. The number of nitrogens with zero attached hydrogens (tertiary/aromatic N) is 1. The second-order valence-electron chi connectivity index (χ2n) is 20.7. The number of aromatic hydroxyl groups is 5. The molecule has 4 saturated carbocycles. The van der Waals surface area contributed by atoms with Crippen molar-refractivity contribution in [2.75, 3.05) is 0 Å². The molecule has 9 heteroatoms. The summed E-state index contributed by atoms with van der Waals surface area (Å²) in [4.78, 5) is 8.55. The molecule has 0 bridgehead atoms. The summed E-state index contributed by atoms with van der Waals surface area (Å²) in [6.07, 6.45) is 27.4. The standard InChI is InChI=1S/C54H59N3O6/c58-41-18-11-31(25-44(41)61)9-16-38-39-6-1-7-42(59)46(39)49(63)48(62)40(38)17-10-30-8-15-37-32(24-30)12-13-33-26-34-27-36-5-3-21-53(36)23-22-52-20-2-4-35(52)14-19-43(60)50(52)54(53,45-28-55-29-56-45)51(34)57-47(33)37/h1,6-9,11,14-16,18-19,24-25,28-29,33-36,43,47,50-51,57-63H,2-5,10,12-13,17,20-23,26-27H2,(H,55,56)/b16-9+/t33-,34-,35+,36-,43+,47+,50-,51+,52+,53+,54-/m1/s1. The number of fused-ring (bicyclic) bond motifs is 7. The minimum absolute atomic E-state index is 0.109. The first-order valence-electron chi connectivity index (χ1n) is 23.7. The van der Waals surface area contributed by atoms with Gasteiger partial charge in [-0.15, -0.1) is 0 Å². The fourth-order valence-corrected chi connectivity index (χ4v) is 16.2. The van der Waals surface area contributed by atoms with E-state index in [0.717, 1.165) is 18.4 Å². The molecule has 11 atom stereocenters. The number of allylic oxidation sites excluding steroid dienone is 1. The van der Waals surface area contributed by atoms with Gasteiger partial charge in [0.2, 0.25) is 0 Å². The fourth-order valence-electron chi connectivity index (χ4n) is 16.2. The summed E-state index contributed by atoms with van der Waals surface area (Å²) in [5.41, 5.74) is 7.05. The Morgan fingerprint density at radius 2 is 1.67 bits per heavy atom. The SMILES string of the molecule is Oc1ccc(/C=C/c2c(CCc3ccc4c(c3)CC[C@@H]3C[C@@H]5C[C@H]6CCC[C@]67CC[C@@]68CCC[C@H]6C=C[C@H](O)[C@H]8[C@]7(c6cnc[nH]6)[C@H]5N[C@H]43)c(O)c(O)c3c(O)cccc23)cc1O. The zero-order chi connectivity index (χ0) is 42.8. The normalized spacial score (nSPS) is 35.1. The van der Waals surface area contributed by atoms with Crippen molar-refractivity contribution in [3.8, 4) is 28.7 Å². The molecule has 326 valence electrons. The van der Waals surface area contributed by atoms with E-state index in [1.54, 1.807) is 18.2 Å². The van der Waals surface area contributed by atoms with Gasteiger partial charge in [0.25, 0.3) is 0 Å². The molecule has 6 aliphatic carbocycles. The van der Waals surface area contributed by atoms with E-state index in [9.17, 15) is 30.6 Å². The number of aromatic nitrogens is 2. The van der Waals surface area contributed by atoms with E-state index in [2.05, 4.69) is 46.8 Å². The molecular weight excluding hydrogens is 787 g/mol. The van der Waals surface area contributed by atoms with Crippen LogP contribution in [0.2, 0.25) is 0 Å². The molecule has 5 fully saturated rings. The quantitative estimate of drug-likeness (QED) is 0.0476. The number of imidazole rings is 1. The van der Waals surface area contributed by atoms with Crippen LogP contribution in [0.15, 0.2) is 79.3 Å². The van der Waals surface area contributed by atoms with Gasteiger partial charge < -0.3 is 40.9 Å². The molecule has 0 unspecified atom stereocenters. The molecule has 9 nitrogen and oxygen atoms in total. The molecule has 0 radical (unpaired) electrons. The van der Waals surface area contributed by atoms with E-state index >= 15 is 0 Å². The van der Waals surface area contributed by atoms with Crippen molar-refractivity contribution in [3.05, 3.63) is 118 Å². The molecule has 63 heavy (non-hydrogen) atoms. The lowest BCUT2D eigenvalue weighted by Crippen LogP contribution is -2.76. The lowest BCUT2D eigenvalue weighted by molar-refractivity contribution is -0.201. The third-order valence-corrected chi connectivity index (χ3v) is 18.5. The number of piperidine rings is 1. The summed E-state index contributed by atoms with van der Waals surface area (Å²) in [5, 5.41) is 71.4. The Balaban J connectivity index is 0.896. The predicted octanol–water partition coefficient (Wildman–Crippen LogP) is 9.88. The largest absolute Gasteiger partial charge is 0.507 e. The van der Waals surface area contributed by atoms with Crippen molar-refractivity contribution in [1.82, 2.24) is 15.3 Å². The number of phenols is 5. The Bertz CT molecular complexity index is 2690. The number of rotatable bonds is 6. The van der Waals surface area contributed by atoms with Crippen LogP contribution in [0.25, 0.3) is 22.9 Å². The predicted molar refractivity (Wildman–Crippen MR) is 243 cm³/mol. The Morgan fingerprint density at radius 1 is 0.778 bits per heavy atom. The molecule has 5 aromatic rings. The molecule has 12 rings (SSSR count). The smallest absolute Gasteiger partial charge is 0.169 e. The summed E-state index contributed by atoms with van der Waals surface area (Å²) in [5.74, 6) is 1.25. The number of aryl methyl sites for hydroxylation is 2. The van der Waals surface area contributed by atoms with E-state index < -0.39 is 6.10 Å². The van der Waals surface area contributed by atoms with Crippen molar-refractivity contribution in [1.29, 1.82) is 0 Å². The number of aliphatic hydroxyl groups is 1. The molecule has 1 aliphatic heterocycles. The average molecular weight is 846 g/mol. The van der Waals surface area contributed by atoms with Crippen LogP contribution in [0.4, 0.5) is 0 Å². The molecule has 2 spiro atoms. The van der Waals surface area contributed by atoms with E-state index in [4.69, 9.17) is 4.98 Å². The molecule has 2 heterocycles. The summed E-state index contributed by atoms with van der Waals surface area (Å²) in [6, 6.07) is 17.0. The van der Waals surface area contributed by atoms with Gasteiger partial charge in [-0.2, -0.15) is 0 Å². The van der Waals surface area contributed by atoms with E-state index in [1.807, 2.05) is 18.5 Å².